The van der Waals surface area contributed by atoms with E-state index in [-0.39, 0.29) is 30.5 Å². The number of piperidine rings is 1. The molecule has 0 saturated carbocycles. The van der Waals surface area contributed by atoms with Crippen molar-refractivity contribution < 1.29 is 17.4 Å². The fraction of sp³-hybridized carbons (Fsp3) is 0.476. The molecule has 2 fully saturated rings. The predicted molar refractivity (Wildman–Crippen MR) is 109 cm³/mol. The Hall–Kier alpha value is -2.32. The van der Waals surface area contributed by atoms with Crippen molar-refractivity contribution in [3.05, 3.63) is 47.8 Å². The maximum Gasteiger partial charge on any atom is 0.264 e. The quantitative estimate of drug-likeness (QED) is 0.698. The van der Waals surface area contributed by atoms with Crippen molar-refractivity contribution in [1.82, 2.24) is 14.9 Å². The van der Waals surface area contributed by atoms with Crippen molar-refractivity contribution in [1.29, 1.82) is 0 Å². The summed E-state index contributed by atoms with van der Waals surface area (Å²) in [5.41, 5.74) is 2.31. The smallest absolute Gasteiger partial charge is 0.264 e. The number of hydrogen-bond acceptors (Lipinski definition) is 6. The van der Waals surface area contributed by atoms with Gasteiger partial charge in [-0.05, 0) is 44.7 Å². The minimum Gasteiger partial charge on any atom is -0.332 e. The van der Waals surface area contributed by atoms with Crippen molar-refractivity contribution in [3.63, 3.8) is 0 Å². The summed E-state index contributed by atoms with van der Waals surface area (Å²) < 4.78 is 28.0. The molecule has 1 aromatic heterocycles. The third kappa shape index (κ3) is 4.18. The first-order valence-electron chi connectivity index (χ1n) is 9.88. The number of benzene rings is 1. The van der Waals surface area contributed by atoms with Crippen LogP contribution < -0.4 is 0 Å². The Morgan fingerprint density at radius 1 is 1.17 bits per heavy atom. The summed E-state index contributed by atoms with van der Waals surface area (Å²) in [4.78, 5) is 24.3. The van der Waals surface area contributed by atoms with Gasteiger partial charge < -0.3 is 4.90 Å². The second-order valence-corrected chi connectivity index (χ2v) is 9.60. The molecule has 154 valence electrons. The number of carbonyl (C=O) groups excluding carboxylic acids is 1. The van der Waals surface area contributed by atoms with E-state index in [2.05, 4.69) is 9.97 Å². The zero-order valence-corrected chi connectivity index (χ0v) is 17.4. The molecule has 2 aliphatic rings. The van der Waals surface area contributed by atoms with E-state index in [1.165, 1.54) is 0 Å². The van der Waals surface area contributed by atoms with Crippen molar-refractivity contribution in [2.24, 2.45) is 5.92 Å². The Labute approximate surface area is 171 Å². The fourth-order valence-corrected chi connectivity index (χ4v) is 5.01. The zero-order chi connectivity index (χ0) is 20.6. The van der Waals surface area contributed by atoms with Gasteiger partial charge in [-0.15, -0.1) is 0 Å². The maximum absolute atomic E-state index is 13.7. The van der Waals surface area contributed by atoms with Crippen LogP contribution in [0.5, 0.6) is 0 Å². The Morgan fingerprint density at radius 3 is 2.62 bits per heavy atom. The number of aryl methyl sites for hydroxylation is 1. The van der Waals surface area contributed by atoms with Crippen LogP contribution in [0.2, 0.25) is 0 Å². The number of nitrogens with zero attached hydrogens (tertiary/aromatic N) is 3. The first-order chi connectivity index (χ1) is 13.8. The number of aromatic nitrogens is 2. The number of fused-ring (bicyclic) bond motifs is 2. The van der Waals surface area contributed by atoms with Gasteiger partial charge >= 0.3 is 0 Å². The van der Waals surface area contributed by atoms with Gasteiger partial charge in [0.2, 0.25) is 0 Å². The maximum atomic E-state index is 13.7. The molecule has 2 bridgehead atoms. The fourth-order valence-electron chi connectivity index (χ4n) is 4.59. The monoisotopic (exact) mass is 415 g/mol. The van der Waals surface area contributed by atoms with E-state index in [9.17, 15) is 13.2 Å². The Kier molecular flexibility index (Phi) is 5.40. The molecule has 3 atom stereocenters. The first-order valence-corrected chi connectivity index (χ1v) is 11.7. The van der Waals surface area contributed by atoms with Crippen LogP contribution in [0.1, 0.15) is 41.6 Å². The second-order valence-electron chi connectivity index (χ2n) is 7.96. The predicted octanol–water partition coefficient (Wildman–Crippen LogP) is 2.81. The molecule has 0 aliphatic carbocycles. The van der Waals surface area contributed by atoms with Gasteiger partial charge in [-0.3, -0.25) is 8.98 Å². The van der Waals surface area contributed by atoms with E-state index in [4.69, 9.17) is 4.18 Å². The highest BCUT2D eigenvalue weighted by Crippen LogP contribution is 2.41. The summed E-state index contributed by atoms with van der Waals surface area (Å²) in [6.45, 7) is 2.09. The Morgan fingerprint density at radius 2 is 1.90 bits per heavy atom. The van der Waals surface area contributed by atoms with Crippen LogP contribution in [0.25, 0.3) is 11.4 Å². The van der Waals surface area contributed by atoms with Crippen LogP contribution in [0, 0.1) is 12.8 Å². The summed E-state index contributed by atoms with van der Waals surface area (Å²) >= 11 is 0. The van der Waals surface area contributed by atoms with Gasteiger partial charge in [-0.2, -0.15) is 8.42 Å². The molecule has 0 spiro atoms. The first kappa shape index (κ1) is 20.0. The van der Waals surface area contributed by atoms with Crippen LogP contribution in [0.4, 0.5) is 0 Å². The van der Waals surface area contributed by atoms with Gasteiger partial charge in [-0.25, -0.2) is 9.97 Å². The summed E-state index contributed by atoms with van der Waals surface area (Å²) in [5.74, 6) is 0.513. The summed E-state index contributed by atoms with van der Waals surface area (Å²) in [6, 6.07) is 7.67. The minimum atomic E-state index is -3.50. The normalized spacial score (nSPS) is 23.9. The number of carbonyl (C=O) groups is 1. The largest absolute Gasteiger partial charge is 0.332 e. The summed E-state index contributed by atoms with van der Waals surface area (Å²) in [5, 5.41) is 0. The molecule has 1 aromatic carbocycles. The van der Waals surface area contributed by atoms with Crippen molar-refractivity contribution in [3.8, 4) is 11.4 Å². The standard InChI is InChI=1S/C21H25N3O4S/c1-14-4-8-17(20-22-10-3-11-23-20)18(12-14)21(25)24-16-6-5-15(19(24)9-7-16)13-28-29(2,26)27/h3-4,8,10-12,15-16,19H,5-7,9,13H2,1-2H3/t15-,16-,19?/m1/s1. The second kappa shape index (κ2) is 7.84. The van der Waals surface area contributed by atoms with E-state index in [1.807, 2.05) is 30.0 Å². The molecular weight excluding hydrogens is 390 g/mol. The highest BCUT2D eigenvalue weighted by atomic mass is 32.2. The van der Waals surface area contributed by atoms with Crippen LogP contribution in [0.3, 0.4) is 0 Å². The molecule has 2 aliphatic heterocycles. The molecule has 29 heavy (non-hydrogen) atoms. The molecule has 2 aromatic rings. The van der Waals surface area contributed by atoms with Crippen LogP contribution in [-0.4, -0.2) is 54.1 Å². The van der Waals surface area contributed by atoms with Gasteiger partial charge in [0.25, 0.3) is 16.0 Å². The van der Waals surface area contributed by atoms with E-state index in [1.54, 1.807) is 18.5 Å². The molecule has 4 rings (SSSR count). The van der Waals surface area contributed by atoms with Gasteiger partial charge in [-0.1, -0.05) is 17.7 Å². The molecule has 3 heterocycles. The van der Waals surface area contributed by atoms with Gasteiger partial charge in [0.05, 0.1) is 18.4 Å². The number of rotatable bonds is 5. The van der Waals surface area contributed by atoms with Gasteiger partial charge in [0, 0.05) is 36.0 Å². The molecule has 0 radical (unpaired) electrons. The topological polar surface area (TPSA) is 89.5 Å². The lowest BCUT2D eigenvalue weighted by Gasteiger charge is -2.40. The van der Waals surface area contributed by atoms with Crippen molar-refractivity contribution in [2.75, 3.05) is 12.9 Å². The average Bonchev–Trinajstić information content (AvgIpc) is 3.00. The molecule has 1 unspecified atom stereocenters. The molecule has 8 heteroatoms. The SMILES string of the molecule is Cc1ccc(-c2ncccn2)c(C(=O)N2C3CC[C@H]2CC[C@@H]3COS(C)(=O)=O)c1. The lowest BCUT2D eigenvalue weighted by atomic mass is 9.89. The van der Waals surface area contributed by atoms with Crippen LogP contribution in [-0.2, 0) is 14.3 Å². The van der Waals surface area contributed by atoms with Gasteiger partial charge in [0.15, 0.2) is 5.82 Å². The molecule has 2 saturated heterocycles. The van der Waals surface area contributed by atoms with E-state index < -0.39 is 10.1 Å². The molecular formula is C21H25N3O4S. The Balaban J connectivity index is 1.65. The van der Waals surface area contributed by atoms with Gasteiger partial charge in [0.1, 0.15) is 0 Å². The van der Waals surface area contributed by atoms with Crippen LogP contribution in [0.15, 0.2) is 36.7 Å². The van der Waals surface area contributed by atoms with E-state index in [0.717, 1.165) is 43.1 Å². The molecule has 1 amide bonds. The van der Waals surface area contributed by atoms with Crippen LogP contribution >= 0.6 is 0 Å². The lowest BCUT2D eigenvalue weighted by molar-refractivity contribution is 0.0414. The van der Waals surface area contributed by atoms with E-state index in [0.29, 0.717) is 11.4 Å². The van der Waals surface area contributed by atoms with Crippen molar-refractivity contribution in [2.45, 2.75) is 44.7 Å². The highest BCUT2D eigenvalue weighted by Gasteiger charge is 2.45. The summed E-state index contributed by atoms with van der Waals surface area (Å²) in [6.07, 6.45) is 7.94. The third-order valence-electron chi connectivity index (χ3n) is 5.90. The molecule has 7 nitrogen and oxygen atoms in total. The summed E-state index contributed by atoms with van der Waals surface area (Å²) in [7, 11) is -3.50. The Bertz CT molecular complexity index is 1010. The number of amides is 1. The van der Waals surface area contributed by atoms with Crippen molar-refractivity contribution >= 4 is 16.0 Å². The van der Waals surface area contributed by atoms with E-state index >= 15 is 0 Å². The third-order valence-corrected chi connectivity index (χ3v) is 6.47. The lowest BCUT2D eigenvalue weighted by Crippen LogP contribution is -2.49. The molecule has 0 N–H and O–H groups in total. The number of hydrogen-bond donors (Lipinski definition) is 0. The average molecular weight is 416 g/mol. The minimum absolute atomic E-state index is 0.00643. The highest BCUT2D eigenvalue weighted by molar-refractivity contribution is 7.85. The zero-order valence-electron chi connectivity index (χ0n) is 16.6.